The molecule has 4 nitrogen and oxygen atoms in total. The lowest BCUT2D eigenvalue weighted by Crippen LogP contribution is -2.44. The lowest BCUT2D eigenvalue weighted by atomic mass is 9.84. The molecule has 23 heavy (non-hydrogen) atoms. The fourth-order valence-electron chi connectivity index (χ4n) is 3.66. The molecule has 2 N–H and O–H groups in total. The molecule has 126 valence electrons. The van der Waals surface area contributed by atoms with Crippen molar-refractivity contribution in [2.75, 3.05) is 19.7 Å². The van der Waals surface area contributed by atoms with E-state index in [2.05, 4.69) is 12.1 Å². The van der Waals surface area contributed by atoms with Gasteiger partial charge in [0.1, 0.15) is 5.75 Å². The Labute approximate surface area is 139 Å². The van der Waals surface area contributed by atoms with Crippen molar-refractivity contribution in [3.05, 3.63) is 29.8 Å². The summed E-state index contributed by atoms with van der Waals surface area (Å²) in [6, 6.07) is 8.57. The van der Waals surface area contributed by atoms with Crippen molar-refractivity contribution in [3.8, 4) is 5.75 Å². The van der Waals surface area contributed by atoms with Crippen LogP contribution in [0.15, 0.2) is 24.3 Å². The van der Waals surface area contributed by atoms with Crippen LogP contribution < -0.4 is 10.5 Å². The largest absolute Gasteiger partial charge is 0.484 e. The Morgan fingerprint density at radius 2 is 1.70 bits per heavy atom. The van der Waals surface area contributed by atoms with Crippen LogP contribution in [-0.2, 0) is 4.79 Å². The molecule has 0 bridgehead atoms. The van der Waals surface area contributed by atoms with E-state index in [4.69, 9.17) is 10.5 Å². The minimum Gasteiger partial charge on any atom is -0.484 e. The molecule has 0 atom stereocenters. The minimum atomic E-state index is 0.0632. The summed E-state index contributed by atoms with van der Waals surface area (Å²) in [5, 5.41) is 0. The van der Waals surface area contributed by atoms with Crippen LogP contribution in [0.4, 0.5) is 0 Å². The smallest absolute Gasteiger partial charge is 0.260 e. The van der Waals surface area contributed by atoms with Crippen LogP contribution in [0.3, 0.4) is 0 Å². The lowest BCUT2D eigenvalue weighted by Gasteiger charge is -2.30. The number of nitrogens with zero attached hydrogens (tertiary/aromatic N) is 1. The number of carbonyl (C=O) groups is 1. The Morgan fingerprint density at radius 1 is 1.04 bits per heavy atom. The minimum absolute atomic E-state index is 0.0632. The first-order valence-electron chi connectivity index (χ1n) is 8.98. The first-order chi connectivity index (χ1) is 11.2. The van der Waals surface area contributed by atoms with Crippen LogP contribution in [0.5, 0.6) is 5.75 Å². The average Bonchev–Trinajstić information content (AvgIpc) is 2.61. The third-order valence-corrected chi connectivity index (χ3v) is 5.21. The summed E-state index contributed by atoms with van der Waals surface area (Å²) >= 11 is 0. The number of carbonyl (C=O) groups excluding carboxylic acids is 1. The van der Waals surface area contributed by atoms with Crippen molar-refractivity contribution >= 4 is 5.91 Å². The monoisotopic (exact) mass is 316 g/mol. The van der Waals surface area contributed by atoms with Gasteiger partial charge < -0.3 is 15.4 Å². The van der Waals surface area contributed by atoms with Crippen LogP contribution in [0.25, 0.3) is 0 Å². The van der Waals surface area contributed by atoms with Gasteiger partial charge in [0.25, 0.3) is 5.91 Å². The fourth-order valence-corrected chi connectivity index (χ4v) is 3.66. The van der Waals surface area contributed by atoms with E-state index in [0.717, 1.165) is 31.7 Å². The van der Waals surface area contributed by atoms with Crippen LogP contribution >= 0.6 is 0 Å². The second kappa shape index (κ2) is 7.82. The highest BCUT2D eigenvalue weighted by molar-refractivity contribution is 5.77. The van der Waals surface area contributed by atoms with Crippen molar-refractivity contribution in [3.63, 3.8) is 0 Å². The number of ether oxygens (including phenoxy) is 1. The van der Waals surface area contributed by atoms with Gasteiger partial charge in [-0.05, 0) is 49.3 Å². The molecule has 1 aliphatic carbocycles. The number of hydrogen-bond acceptors (Lipinski definition) is 3. The van der Waals surface area contributed by atoms with E-state index >= 15 is 0 Å². The summed E-state index contributed by atoms with van der Waals surface area (Å²) in [6.07, 6.45) is 8.45. The van der Waals surface area contributed by atoms with Gasteiger partial charge in [-0.15, -0.1) is 0 Å². The fraction of sp³-hybridized carbons (Fsp3) is 0.632. The second-order valence-electron chi connectivity index (χ2n) is 6.91. The topological polar surface area (TPSA) is 55.6 Å². The Bertz CT molecular complexity index is 501. The van der Waals surface area contributed by atoms with Gasteiger partial charge in [-0.1, -0.05) is 31.4 Å². The Balaban J connectivity index is 1.47. The Hall–Kier alpha value is -1.55. The molecule has 1 saturated carbocycles. The van der Waals surface area contributed by atoms with Gasteiger partial charge in [0.15, 0.2) is 6.61 Å². The highest BCUT2D eigenvalue weighted by Crippen LogP contribution is 2.33. The molecule has 1 aliphatic heterocycles. The number of hydrogen-bond donors (Lipinski definition) is 1. The molecule has 4 heteroatoms. The molecule has 2 fully saturated rings. The molecule has 0 aromatic heterocycles. The van der Waals surface area contributed by atoms with E-state index in [1.165, 1.54) is 37.7 Å². The molecule has 0 spiro atoms. The lowest BCUT2D eigenvalue weighted by molar-refractivity contribution is -0.134. The first-order valence-corrected chi connectivity index (χ1v) is 8.98. The van der Waals surface area contributed by atoms with Crippen LogP contribution in [0.2, 0.25) is 0 Å². The van der Waals surface area contributed by atoms with Crippen molar-refractivity contribution in [1.82, 2.24) is 4.90 Å². The van der Waals surface area contributed by atoms with E-state index in [9.17, 15) is 4.79 Å². The third-order valence-electron chi connectivity index (χ3n) is 5.21. The highest BCUT2D eigenvalue weighted by Gasteiger charge is 2.21. The van der Waals surface area contributed by atoms with Gasteiger partial charge in [0.2, 0.25) is 0 Å². The van der Waals surface area contributed by atoms with E-state index in [-0.39, 0.29) is 18.6 Å². The number of rotatable bonds is 4. The number of likely N-dealkylation sites (tertiary alicyclic amines) is 1. The second-order valence-corrected chi connectivity index (χ2v) is 6.91. The summed E-state index contributed by atoms with van der Waals surface area (Å²) in [4.78, 5) is 14.0. The Morgan fingerprint density at radius 3 is 2.35 bits per heavy atom. The highest BCUT2D eigenvalue weighted by atomic mass is 16.5. The maximum absolute atomic E-state index is 12.2. The average molecular weight is 316 g/mol. The SMILES string of the molecule is NC1CCN(C(=O)COc2ccc(C3CCCCC3)cc2)CC1. The molecule has 1 aromatic carbocycles. The van der Waals surface area contributed by atoms with Gasteiger partial charge in [-0.2, -0.15) is 0 Å². The summed E-state index contributed by atoms with van der Waals surface area (Å²) in [7, 11) is 0. The quantitative estimate of drug-likeness (QED) is 0.929. The predicted octanol–water partition coefficient (Wildman–Crippen LogP) is 3.06. The third kappa shape index (κ3) is 4.47. The Kier molecular flexibility index (Phi) is 5.55. The van der Waals surface area contributed by atoms with E-state index in [0.29, 0.717) is 5.92 Å². The molecule has 0 radical (unpaired) electrons. The van der Waals surface area contributed by atoms with E-state index in [1.807, 2.05) is 17.0 Å². The normalized spacial score (nSPS) is 20.5. The van der Waals surface area contributed by atoms with E-state index < -0.39 is 0 Å². The van der Waals surface area contributed by atoms with Crippen molar-refractivity contribution < 1.29 is 9.53 Å². The summed E-state index contributed by atoms with van der Waals surface area (Å²) in [5.41, 5.74) is 7.28. The van der Waals surface area contributed by atoms with Gasteiger partial charge in [-0.3, -0.25) is 4.79 Å². The maximum atomic E-state index is 12.2. The molecule has 1 heterocycles. The molecule has 1 amide bonds. The van der Waals surface area contributed by atoms with Gasteiger partial charge >= 0.3 is 0 Å². The van der Waals surface area contributed by atoms with Crippen LogP contribution in [0.1, 0.15) is 56.4 Å². The van der Waals surface area contributed by atoms with Crippen LogP contribution in [0, 0.1) is 0 Å². The summed E-state index contributed by atoms with van der Waals surface area (Å²) in [5.74, 6) is 1.55. The number of piperidine rings is 1. The van der Waals surface area contributed by atoms with Crippen LogP contribution in [-0.4, -0.2) is 36.5 Å². The van der Waals surface area contributed by atoms with Crippen molar-refractivity contribution in [2.24, 2.45) is 5.73 Å². The summed E-state index contributed by atoms with van der Waals surface area (Å²) in [6.45, 7) is 1.63. The number of nitrogens with two attached hydrogens (primary N) is 1. The van der Waals surface area contributed by atoms with Gasteiger partial charge in [-0.25, -0.2) is 0 Å². The molecule has 0 unspecified atom stereocenters. The van der Waals surface area contributed by atoms with Crippen molar-refractivity contribution in [1.29, 1.82) is 0 Å². The van der Waals surface area contributed by atoms with Gasteiger partial charge in [0.05, 0.1) is 0 Å². The maximum Gasteiger partial charge on any atom is 0.260 e. The molecule has 1 aromatic rings. The molecule has 3 rings (SSSR count). The molecule has 1 saturated heterocycles. The molecular weight excluding hydrogens is 288 g/mol. The van der Waals surface area contributed by atoms with E-state index in [1.54, 1.807) is 0 Å². The summed E-state index contributed by atoms with van der Waals surface area (Å²) < 4.78 is 5.67. The molecule has 2 aliphatic rings. The van der Waals surface area contributed by atoms with Crippen molar-refractivity contribution in [2.45, 2.75) is 56.9 Å². The predicted molar refractivity (Wildman–Crippen MR) is 91.6 cm³/mol. The zero-order valence-electron chi connectivity index (χ0n) is 13.9. The first kappa shape index (κ1) is 16.3. The number of benzene rings is 1. The standard InChI is InChI=1S/C19H28N2O2/c20-17-10-12-21(13-11-17)19(22)14-23-18-8-6-16(7-9-18)15-4-2-1-3-5-15/h6-9,15,17H,1-5,10-14,20H2. The number of amides is 1. The zero-order chi connectivity index (χ0) is 16.1. The zero-order valence-corrected chi connectivity index (χ0v) is 13.9. The van der Waals surface area contributed by atoms with Gasteiger partial charge in [0, 0.05) is 19.1 Å². The molecular formula is C19H28N2O2.